The summed E-state index contributed by atoms with van der Waals surface area (Å²) in [6.45, 7) is 0. The minimum absolute atomic E-state index is 0. The van der Waals surface area contributed by atoms with E-state index >= 15 is 0 Å². The van der Waals surface area contributed by atoms with E-state index in [2.05, 4.69) is 0 Å². The molecule has 0 spiro atoms. The van der Waals surface area contributed by atoms with E-state index in [4.69, 9.17) is 5.11 Å². The van der Waals surface area contributed by atoms with Gasteiger partial charge >= 0.3 is 5.97 Å². The summed E-state index contributed by atoms with van der Waals surface area (Å²) < 4.78 is 0. The number of hydrogen-bond acceptors (Lipinski definition) is 3. The van der Waals surface area contributed by atoms with Gasteiger partial charge in [0, 0.05) is 12.0 Å². The number of aryl methyl sites for hydroxylation is 1. The first-order valence-electron chi connectivity index (χ1n) is 6.08. The van der Waals surface area contributed by atoms with Gasteiger partial charge in [-0.2, -0.15) is 0 Å². The normalized spacial score (nSPS) is 9.60. The lowest BCUT2D eigenvalue weighted by Crippen LogP contribution is -2.09. The molecule has 0 aliphatic rings. The van der Waals surface area contributed by atoms with Gasteiger partial charge in [-0.1, -0.05) is 48.5 Å². The number of carbonyl (C=O) groups excluding carboxylic acids is 1. The fourth-order valence-corrected chi connectivity index (χ4v) is 1.95. The number of hydrogen-bond donors (Lipinski definition) is 2. The molecule has 2 rings (SSSR count). The van der Waals surface area contributed by atoms with E-state index in [1.54, 1.807) is 18.2 Å². The van der Waals surface area contributed by atoms with Gasteiger partial charge in [-0.05, 0) is 18.1 Å². The molecular formula is C16H17NO3. The molecule has 4 nitrogen and oxygen atoms in total. The predicted molar refractivity (Wildman–Crippen MR) is 77.5 cm³/mol. The van der Waals surface area contributed by atoms with Crippen molar-refractivity contribution < 1.29 is 14.7 Å². The zero-order chi connectivity index (χ0) is 13.7. The Kier molecular flexibility index (Phi) is 5.62. The van der Waals surface area contributed by atoms with E-state index in [9.17, 15) is 9.59 Å². The van der Waals surface area contributed by atoms with Gasteiger partial charge in [0.2, 0.25) is 0 Å². The highest BCUT2D eigenvalue weighted by molar-refractivity contribution is 6.05. The first-order chi connectivity index (χ1) is 9.18. The number of carbonyl (C=O) groups is 2. The molecule has 0 heterocycles. The van der Waals surface area contributed by atoms with Gasteiger partial charge in [-0.15, -0.1) is 0 Å². The van der Waals surface area contributed by atoms with Crippen LogP contribution in [0.25, 0.3) is 0 Å². The predicted octanol–water partition coefficient (Wildman–Crippen LogP) is 3.36. The lowest BCUT2D eigenvalue weighted by Gasteiger charge is -2.05. The van der Waals surface area contributed by atoms with Crippen molar-refractivity contribution in [3.05, 3.63) is 71.3 Å². The Balaban J connectivity index is 0.00000200. The van der Waals surface area contributed by atoms with Gasteiger partial charge in [-0.25, -0.2) is 4.79 Å². The second-order valence-corrected chi connectivity index (χ2v) is 4.26. The van der Waals surface area contributed by atoms with Gasteiger partial charge in [0.1, 0.15) is 0 Å². The van der Waals surface area contributed by atoms with Crippen LogP contribution in [0.1, 0.15) is 32.7 Å². The number of benzene rings is 2. The lowest BCUT2D eigenvalue weighted by molar-refractivity contribution is 0.0691. The third-order valence-corrected chi connectivity index (χ3v) is 2.94. The lowest BCUT2D eigenvalue weighted by atomic mass is 9.99. The summed E-state index contributed by atoms with van der Waals surface area (Å²) in [6.07, 6.45) is 0.932. The highest BCUT2D eigenvalue weighted by atomic mass is 16.4. The van der Waals surface area contributed by atoms with Crippen LogP contribution in [0.3, 0.4) is 0 Å². The zero-order valence-corrected chi connectivity index (χ0v) is 11.1. The number of ketones is 1. The molecule has 4 heteroatoms. The number of aromatic carboxylic acids is 1. The highest BCUT2D eigenvalue weighted by Gasteiger charge is 2.15. The molecule has 0 amide bonds. The van der Waals surface area contributed by atoms with Crippen LogP contribution < -0.4 is 6.15 Å². The Hall–Kier alpha value is -2.46. The molecule has 2 aromatic carbocycles. The fraction of sp³-hybridized carbons (Fsp3) is 0.125. The van der Waals surface area contributed by atoms with Crippen molar-refractivity contribution in [2.24, 2.45) is 0 Å². The van der Waals surface area contributed by atoms with Gasteiger partial charge in [0.05, 0.1) is 5.56 Å². The van der Waals surface area contributed by atoms with Crippen LogP contribution in [-0.4, -0.2) is 16.9 Å². The molecule has 0 aliphatic heterocycles. The van der Waals surface area contributed by atoms with Gasteiger partial charge in [0.15, 0.2) is 5.78 Å². The van der Waals surface area contributed by atoms with Crippen molar-refractivity contribution >= 4 is 11.8 Å². The largest absolute Gasteiger partial charge is 0.478 e. The molecule has 0 fully saturated rings. The van der Waals surface area contributed by atoms with Crippen molar-refractivity contribution in [2.75, 3.05) is 0 Å². The quantitative estimate of drug-likeness (QED) is 0.816. The van der Waals surface area contributed by atoms with Crippen LogP contribution in [0.5, 0.6) is 0 Å². The summed E-state index contributed by atoms with van der Waals surface area (Å²) in [6, 6.07) is 16.0. The average molecular weight is 271 g/mol. The minimum Gasteiger partial charge on any atom is -0.478 e. The van der Waals surface area contributed by atoms with Crippen LogP contribution in [-0.2, 0) is 6.42 Å². The van der Waals surface area contributed by atoms with E-state index in [0.29, 0.717) is 12.8 Å². The zero-order valence-electron chi connectivity index (χ0n) is 11.1. The van der Waals surface area contributed by atoms with E-state index < -0.39 is 5.97 Å². The maximum Gasteiger partial charge on any atom is 0.336 e. The number of Topliss-reactive ketones (excluding diaryl/α,β-unsaturated/α-hetero) is 1. The Morgan fingerprint density at radius 1 is 0.850 bits per heavy atom. The first kappa shape index (κ1) is 15.6. The second kappa shape index (κ2) is 7.21. The van der Waals surface area contributed by atoms with Gasteiger partial charge in [0.25, 0.3) is 0 Å². The molecule has 0 radical (unpaired) electrons. The molecule has 4 N–H and O–H groups in total. The summed E-state index contributed by atoms with van der Waals surface area (Å²) in [5.41, 5.74) is 1.43. The van der Waals surface area contributed by atoms with E-state index in [0.717, 1.165) is 5.56 Å². The smallest absolute Gasteiger partial charge is 0.336 e. The van der Waals surface area contributed by atoms with Crippen LogP contribution >= 0.6 is 0 Å². The molecule has 0 atom stereocenters. The highest BCUT2D eigenvalue weighted by Crippen LogP contribution is 2.13. The first-order valence-corrected chi connectivity index (χ1v) is 6.08. The molecule has 0 bridgehead atoms. The van der Waals surface area contributed by atoms with E-state index in [1.165, 1.54) is 6.07 Å². The standard InChI is InChI=1S/C16H14O3.H3N/c17-15(11-10-12-6-2-1-3-7-12)13-8-4-5-9-14(13)16(18)19;/h1-9H,10-11H2,(H,18,19);1H3. The van der Waals surface area contributed by atoms with Crippen molar-refractivity contribution in [3.63, 3.8) is 0 Å². The summed E-state index contributed by atoms with van der Waals surface area (Å²) >= 11 is 0. The van der Waals surface area contributed by atoms with Gasteiger partial charge in [-0.3, -0.25) is 4.79 Å². The molecule has 104 valence electrons. The number of carboxylic acids is 1. The molecule has 0 saturated carbocycles. The van der Waals surface area contributed by atoms with Crippen molar-refractivity contribution in [3.8, 4) is 0 Å². The molecule has 20 heavy (non-hydrogen) atoms. The molecule has 0 saturated heterocycles. The van der Waals surface area contributed by atoms with Crippen molar-refractivity contribution in [2.45, 2.75) is 12.8 Å². The third-order valence-electron chi connectivity index (χ3n) is 2.94. The van der Waals surface area contributed by atoms with Crippen molar-refractivity contribution in [1.82, 2.24) is 6.15 Å². The number of carboxylic acid groups (broad SMARTS) is 1. The van der Waals surface area contributed by atoms with Crippen LogP contribution in [0.2, 0.25) is 0 Å². The molecular weight excluding hydrogens is 254 g/mol. The third kappa shape index (κ3) is 3.76. The van der Waals surface area contributed by atoms with Crippen LogP contribution in [0.4, 0.5) is 0 Å². The average Bonchev–Trinajstić information content (AvgIpc) is 2.46. The van der Waals surface area contributed by atoms with Crippen molar-refractivity contribution in [1.29, 1.82) is 0 Å². The molecule has 0 aliphatic carbocycles. The summed E-state index contributed by atoms with van der Waals surface area (Å²) in [4.78, 5) is 23.1. The maximum atomic E-state index is 12.1. The molecule has 0 unspecified atom stereocenters. The minimum atomic E-state index is -1.07. The SMILES string of the molecule is N.O=C(O)c1ccccc1C(=O)CCc1ccccc1. The summed E-state index contributed by atoms with van der Waals surface area (Å²) in [5, 5.41) is 9.05. The monoisotopic (exact) mass is 271 g/mol. The Bertz CT molecular complexity index is 594. The second-order valence-electron chi connectivity index (χ2n) is 4.26. The Labute approximate surface area is 117 Å². The summed E-state index contributed by atoms with van der Waals surface area (Å²) in [7, 11) is 0. The summed E-state index contributed by atoms with van der Waals surface area (Å²) in [5.74, 6) is -1.20. The van der Waals surface area contributed by atoms with E-state index in [1.807, 2.05) is 30.3 Å². The van der Waals surface area contributed by atoms with Gasteiger partial charge < -0.3 is 11.3 Å². The molecule has 0 aromatic heterocycles. The molecule has 2 aromatic rings. The maximum absolute atomic E-state index is 12.1. The topological polar surface area (TPSA) is 89.4 Å². The Morgan fingerprint density at radius 3 is 2.00 bits per heavy atom. The Morgan fingerprint density at radius 2 is 1.40 bits per heavy atom. The van der Waals surface area contributed by atoms with Crippen LogP contribution in [0.15, 0.2) is 54.6 Å². The van der Waals surface area contributed by atoms with E-state index in [-0.39, 0.29) is 23.1 Å². The number of rotatable bonds is 5. The van der Waals surface area contributed by atoms with Crippen LogP contribution in [0, 0.1) is 0 Å². The fourth-order valence-electron chi connectivity index (χ4n) is 1.95.